The lowest BCUT2D eigenvalue weighted by Gasteiger charge is -2.07. The molecule has 0 spiro atoms. The molecule has 1 atom stereocenters. The summed E-state index contributed by atoms with van der Waals surface area (Å²) in [7, 11) is -5.65. The Morgan fingerprint density at radius 1 is 1.27 bits per heavy atom. The largest absolute Gasteiger partial charge is 0.436 e. The van der Waals surface area contributed by atoms with Crippen molar-refractivity contribution in [1.29, 1.82) is 0 Å². The van der Waals surface area contributed by atoms with E-state index in [0.717, 1.165) is 0 Å². The van der Waals surface area contributed by atoms with Gasteiger partial charge in [-0.2, -0.15) is 21.6 Å². The summed E-state index contributed by atoms with van der Waals surface area (Å²) in [6.07, 6.45) is -5.56. The number of rotatable bonds is 1. The molecule has 0 aromatic rings. The van der Waals surface area contributed by atoms with E-state index in [1.807, 2.05) is 0 Å². The molecule has 70 valence electrons. The van der Waals surface area contributed by atoms with Crippen LogP contribution in [0.15, 0.2) is 0 Å². The minimum Gasteiger partial charge on any atom is -0.412 e. The van der Waals surface area contributed by atoms with Gasteiger partial charge in [0.2, 0.25) is 0 Å². The summed E-state index contributed by atoms with van der Waals surface area (Å²) in [6, 6.07) is 0. The van der Waals surface area contributed by atoms with Gasteiger partial charge in [-0.05, 0) is 0 Å². The second-order valence-electron chi connectivity index (χ2n) is 1.37. The van der Waals surface area contributed by atoms with E-state index in [1.165, 1.54) is 0 Å². The Labute approximate surface area is 58.9 Å². The second kappa shape index (κ2) is 3.32. The van der Waals surface area contributed by atoms with E-state index in [2.05, 4.69) is 0 Å². The minimum absolute atomic E-state index is 0. The van der Waals surface area contributed by atoms with Gasteiger partial charge in [0, 0.05) is 0 Å². The van der Waals surface area contributed by atoms with Gasteiger partial charge in [0.15, 0.2) is 0 Å². The van der Waals surface area contributed by atoms with Gasteiger partial charge < -0.3 is 5.48 Å². The van der Waals surface area contributed by atoms with Crippen LogP contribution in [0.1, 0.15) is 0 Å². The Morgan fingerprint density at radius 3 is 1.55 bits per heavy atom. The van der Waals surface area contributed by atoms with Crippen molar-refractivity contribution in [1.82, 2.24) is 0 Å². The molecule has 0 amide bonds. The van der Waals surface area contributed by atoms with Crippen LogP contribution in [0, 0.1) is 0 Å². The average molecular weight is 200 g/mol. The third kappa shape index (κ3) is 4.11. The first-order valence-corrected chi connectivity index (χ1v) is 3.33. The molecule has 0 fully saturated rings. The zero-order chi connectivity index (χ0) is 8.58. The van der Waals surface area contributed by atoms with Crippen molar-refractivity contribution in [2.75, 3.05) is 0 Å². The Balaban J connectivity index is 0. The van der Waals surface area contributed by atoms with E-state index in [9.17, 15) is 26.0 Å². The van der Waals surface area contributed by atoms with E-state index < -0.39 is 21.8 Å². The molecule has 0 aliphatic rings. The van der Waals surface area contributed by atoms with Crippen LogP contribution in [0.2, 0.25) is 0 Å². The third-order valence-corrected chi connectivity index (χ3v) is 1.31. The van der Waals surface area contributed by atoms with Crippen molar-refractivity contribution in [3.05, 3.63) is 0 Å². The molecule has 0 aromatic carbocycles. The molecule has 1 unspecified atom stereocenters. The highest BCUT2D eigenvalue weighted by molar-refractivity contribution is 7.86. The fraction of sp³-hybridized carbons (Fsp3) is 1.00. The SMILES string of the molecule is O.O=S(=O)(O)C(F)C(F)(F)F. The third-order valence-electron chi connectivity index (χ3n) is 0.519. The smallest absolute Gasteiger partial charge is 0.412 e. The zero-order valence-electron chi connectivity index (χ0n) is 4.76. The zero-order valence-corrected chi connectivity index (χ0v) is 5.58. The fourth-order valence-electron chi connectivity index (χ4n) is 0.169. The number of halogens is 4. The molecule has 4 nitrogen and oxygen atoms in total. The van der Waals surface area contributed by atoms with Gasteiger partial charge >= 0.3 is 21.8 Å². The molecular formula is C2H4F4O4S. The molecule has 3 N–H and O–H groups in total. The van der Waals surface area contributed by atoms with Gasteiger partial charge in [-0.1, -0.05) is 0 Å². The lowest BCUT2D eigenvalue weighted by Crippen LogP contribution is -2.31. The predicted molar refractivity (Wildman–Crippen MR) is 26.1 cm³/mol. The monoisotopic (exact) mass is 200 g/mol. The highest BCUT2D eigenvalue weighted by Gasteiger charge is 2.49. The molecule has 0 heterocycles. The predicted octanol–water partition coefficient (Wildman–Crippen LogP) is -0.0926. The van der Waals surface area contributed by atoms with E-state index in [4.69, 9.17) is 4.55 Å². The summed E-state index contributed by atoms with van der Waals surface area (Å²) in [4.78, 5) is 0. The van der Waals surface area contributed by atoms with Crippen LogP contribution in [0.5, 0.6) is 0 Å². The van der Waals surface area contributed by atoms with Crippen molar-refractivity contribution in [2.24, 2.45) is 0 Å². The molecule has 0 aliphatic carbocycles. The van der Waals surface area contributed by atoms with Crippen molar-refractivity contribution < 1.29 is 36.0 Å². The summed E-state index contributed by atoms with van der Waals surface area (Å²) >= 11 is 0. The van der Waals surface area contributed by atoms with Gasteiger partial charge in [0.25, 0.3) is 0 Å². The van der Waals surface area contributed by atoms with Crippen molar-refractivity contribution in [2.45, 2.75) is 11.7 Å². The second-order valence-corrected chi connectivity index (χ2v) is 2.82. The number of alkyl halides is 4. The topological polar surface area (TPSA) is 85.9 Å². The van der Waals surface area contributed by atoms with Crippen LogP contribution < -0.4 is 0 Å². The first-order chi connectivity index (χ1) is 4.15. The maximum absolute atomic E-state index is 11.5. The van der Waals surface area contributed by atoms with Crippen molar-refractivity contribution in [3.63, 3.8) is 0 Å². The number of hydrogen-bond donors (Lipinski definition) is 1. The summed E-state index contributed by atoms with van der Waals surface area (Å²) in [5.74, 6) is 0. The van der Waals surface area contributed by atoms with Crippen molar-refractivity contribution in [3.8, 4) is 0 Å². The molecule has 0 bridgehead atoms. The van der Waals surface area contributed by atoms with E-state index >= 15 is 0 Å². The van der Waals surface area contributed by atoms with Gasteiger partial charge in [0.1, 0.15) is 0 Å². The standard InChI is InChI=1S/C2H2F4O3S.H2O/c3-1(2(4,5)6)10(7,8)9;/h1H,(H,7,8,9);1H2. The van der Waals surface area contributed by atoms with Crippen LogP contribution in [-0.2, 0) is 10.1 Å². The normalized spacial score (nSPS) is 15.4. The summed E-state index contributed by atoms with van der Waals surface area (Å²) in [6.45, 7) is 0. The van der Waals surface area contributed by atoms with E-state index in [-0.39, 0.29) is 5.48 Å². The van der Waals surface area contributed by atoms with Crippen LogP contribution in [0.3, 0.4) is 0 Å². The fourth-order valence-corrected chi connectivity index (χ4v) is 0.507. The van der Waals surface area contributed by atoms with Crippen molar-refractivity contribution >= 4 is 10.1 Å². The lowest BCUT2D eigenvalue weighted by molar-refractivity contribution is -0.157. The van der Waals surface area contributed by atoms with E-state index in [1.54, 1.807) is 0 Å². The van der Waals surface area contributed by atoms with E-state index in [0.29, 0.717) is 0 Å². The van der Waals surface area contributed by atoms with Gasteiger partial charge in [-0.15, -0.1) is 0 Å². The molecule has 0 radical (unpaired) electrons. The molecule has 0 aliphatic heterocycles. The first-order valence-electron chi connectivity index (χ1n) is 1.83. The molecule has 11 heavy (non-hydrogen) atoms. The molecule has 0 saturated heterocycles. The van der Waals surface area contributed by atoms with Gasteiger partial charge in [-0.3, -0.25) is 4.55 Å². The summed E-state index contributed by atoms with van der Waals surface area (Å²) < 4.78 is 70.9. The Kier molecular flexibility index (Phi) is 3.99. The Bertz CT molecular complexity index is 205. The quantitative estimate of drug-likeness (QED) is 0.474. The Morgan fingerprint density at radius 2 is 1.55 bits per heavy atom. The molecular weight excluding hydrogens is 196 g/mol. The van der Waals surface area contributed by atoms with Gasteiger partial charge in [-0.25, -0.2) is 4.39 Å². The molecule has 9 heteroatoms. The lowest BCUT2D eigenvalue weighted by atomic mass is 10.7. The summed E-state index contributed by atoms with van der Waals surface area (Å²) in [5, 5.41) is 0. The summed E-state index contributed by atoms with van der Waals surface area (Å²) in [5.41, 5.74) is -4.21. The number of hydrogen-bond acceptors (Lipinski definition) is 2. The van der Waals surface area contributed by atoms with Crippen LogP contribution >= 0.6 is 0 Å². The van der Waals surface area contributed by atoms with Crippen LogP contribution in [-0.4, -0.2) is 30.1 Å². The molecule has 0 rings (SSSR count). The highest BCUT2D eigenvalue weighted by Crippen LogP contribution is 2.25. The maximum atomic E-state index is 11.5. The average Bonchev–Trinajstić information content (AvgIpc) is 1.59. The van der Waals surface area contributed by atoms with Crippen LogP contribution in [0.25, 0.3) is 0 Å². The van der Waals surface area contributed by atoms with Crippen LogP contribution in [0.4, 0.5) is 17.6 Å². The molecule has 0 aromatic heterocycles. The highest BCUT2D eigenvalue weighted by atomic mass is 32.2. The first kappa shape index (κ1) is 13.2. The molecule has 0 saturated carbocycles. The minimum atomic E-state index is -5.65. The van der Waals surface area contributed by atoms with Gasteiger partial charge in [0.05, 0.1) is 0 Å². The Hall–Kier alpha value is -0.410. The maximum Gasteiger partial charge on any atom is 0.436 e.